The molecule has 0 aromatic rings. The summed E-state index contributed by atoms with van der Waals surface area (Å²) in [6.07, 6.45) is 0. The lowest BCUT2D eigenvalue weighted by molar-refractivity contribution is -0.304. The molecule has 0 atom stereocenters. The van der Waals surface area contributed by atoms with E-state index in [-0.39, 0.29) is 24.5 Å². The first-order chi connectivity index (χ1) is 3.92. The third-order valence-corrected chi connectivity index (χ3v) is 0.763. The van der Waals surface area contributed by atoms with Gasteiger partial charge in [0.05, 0.1) is 5.97 Å². The van der Waals surface area contributed by atoms with E-state index in [1.807, 2.05) is 20.8 Å². The van der Waals surface area contributed by atoms with Gasteiger partial charge in [0.2, 0.25) is 0 Å². The zero-order valence-corrected chi connectivity index (χ0v) is 7.25. The molecular weight excluding hydrogens is 154 g/mol. The molecule has 0 fully saturated rings. The smallest absolute Gasteiger partial charge is 0.0552 e. The maximum Gasteiger partial charge on any atom is 0.0552 e. The van der Waals surface area contributed by atoms with Gasteiger partial charge in [0.15, 0.2) is 0 Å². The van der Waals surface area contributed by atoms with Crippen LogP contribution >= 0.6 is 12.4 Å². The molecule has 0 heterocycles. The van der Waals surface area contributed by atoms with E-state index in [0.717, 1.165) is 0 Å². The SMILES string of the molecule is CC(C)(C)NCC(=O)[O-].Cl. The lowest BCUT2D eigenvalue weighted by Gasteiger charge is -2.20. The Hall–Kier alpha value is -0.280. The number of halogens is 1. The maximum atomic E-state index is 9.87. The van der Waals surface area contributed by atoms with Gasteiger partial charge in [0.1, 0.15) is 0 Å². The highest BCUT2D eigenvalue weighted by Crippen LogP contribution is 1.95. The molecule has 3 nitrogen and oxygen atoms in total. The Bertz CT molecular complexity index is 109. The van der Waals surface area contributed by atoms with Gasteiger partial charge in [-0.2, -0.15) is 0 Å². The molecule has 0 amide bonds. The predicted octanol–water partition coefficient (Wildman–Crippen LogP) is -0.454. The van der Waals surface area contributed by atoms with E-state index < -0.39 is 5.97 Å². The summed E-state index contributed by atoms with van der Waals surface area (Å²) in [5, 5.41) is 12.6. The number of nitrogens with one attached hydrogen (secondary N) is 1. The van der Waals surface area contributed by atoms with E-state index in [4.69, 9.17) is 0 Å². The number of carbonyl (C=O) groups excluding carboxylic acids is 1. The van der Waals surface area contributed by atoms with Gasteiger partial charge < -0.3 is 15.2 Å². The van der Waals surface area contributed by atoms with Crippen LogP contribution in [0.1, 0.15) is 20.8 Å². The number of hydrogen-bond donors (Lipinski definition) is 1. The zero-order chi connectivity index (χ0) is 7.49. The van der Waals surface area contributed by atoms with Crippen molar-refractivity contribution in [1.29, 1.82) is 0 Å². The average Bonchev–Trinajstić information content (AvgIpc) is 1.59. The van der Waals surface area contributed by atoms with Gasteiger partial charge in [-0.3, -0.25) is 0 Å². The van der Waals surface area contributed by atoms with Gasteiger partial charge in [0, 0.05) is 12.1 Å². The van der Waals surface area contributed by atoms with Crippen molar-refractivity contribution >= 4 is 18.4 Å². The molecule has 0 aromatic heterocycles. The van der Waals surface area contributed by atoms with Crippen molar-refractivity contribution < 1.29 is 9.90 Å². The molecule has 62 valence electrons. The van der Waals surface area contributed by atoms with Crippen molar-refractivity contribution in [3.05, 3.63) is 0 Å². The van der Waals surface area contributed by atoms with E-state index in [0.29, 0.717) is 0 Å². The Morgan fingerprint density at radius 3 is 2.00 bits per heavy atom. The molecule has 0 aliphatic carbocycles. The minimum Gasteiger partial charge on any atom is -0.549 e. The van der Waals surface area contributed by atoms with Crippen LogP contribution in [-0.4, -0.2) is 18.1 Å². The quantitative estimate of drug-likeness (QED) is 0.605. The second-order valence-electron chi connectivity index (χ2n) is 2.98. The lowest BCUT2D eigenvalue weighted by atomic mass is 10.1. The standard InChI is InChI=1S/C6H13NO2.ClH/c1-6(2,3)7-4-5(8)9;/h7H,4H2,1-3H3,(H,8,9);1H/p-1. The van der Waals surface area contributed by atoms with Gasteiger partial charge in [-0.1, -0.05) is 0 Å². The summed E-state index contributed by atoms with van der Waals surface area (Å²) in [4.78, 5) is 9.87. The van der Waals surface area contributed by atoms with Crippen molar-refractivity contribution in [1.82, 2.24) is 5.32 Å². The highest BCUT2D eigenvalue weighted by Gasteiger charge is 2.06. The third kappa shape index (κ3) is 10.7. The normalized spacial score (nSPS) is 10.3. The van der Waals surface area contributed by atoms with E-state index in [1.165, 1.54) is 0 Å². The zero-order valence-electron chi connectivity index (χ0n) is 6.43. The van der Waals surface area contributed by atoms with Crippen LogP contribution < -0.4 is 10.4 Å². The monoisotopic (exact) mass is 166 g/mol. The maximum absolute atomic E-state index is 9.87. The molecule has 0 rings (SSSR count). The summed E-state index contributed by atoms with van der Waals surface area (Å²) in [7, 11) is 0. The van der Waals surface area contributed by atoms with Crippen LogP contribution in [0.25, 0.3) is 0 Å². The predicted molar refractivity (Wildman–Crippen MR) is 40.0 cm³/mol. The summed E-state index contributed by atoms with van der Waals surface area (Å²) < 4.78 is 0. The first kappa shape index (κ1) is 12.4. The number of hydrogen-bond acceptors (Lipinski definition) is 3. The number of aliphatic carboxylic acids is 1. The van der Waals surface area contributed by atoms with Gasteiger partial charge in [-0.25, -0.2) is 0 Å². The van der Waals surface area contributed by atoms with E-state index >= 15 is 0 Å². The van der Waals surface area contributed by atoms with E-state index in [1.54, 1.807) is 0 Å². The first-order valence-corrected chi connectivity index (χ1v) is 2.87. The fourth-order valence-electron chi connectivity index (χ4n) is 0.337. The Kier molecular flexibility index (Phi) is 5.61. The number of carboxylic acids is 1. The molecular formula is C6H13ClNO2-. The second-order valence-corrected chi connectivity index (χ2v) is 2.98. The molecule has 0 unspecified atom stereocenters. The summed E-state index contributed by atoms with van der Waals surface area (Å²) in [5.41, 5.74) is -0.139. The van der Waals surface area contributed by atoms with Gasteiger partial charge in [-0.15, -0.1) is 12.4 Å². The third-order valence-electron chi connectivity index (χ3n) is 0.763. The molecule has 0 saturated carbocycles. The largest absolute Gasteiger partial charge is 0.549 e. The molecule has 0 bridgehead atoms. The number of carbonyl (C=O) groups is 1. The van der Waals surface area contributed by atoms with Crippen molar-refractivity contribution in [2.24, 2.45) is 0 Å². The average molecular weight is 167 g/mol. The molecule has 10 heavy (non-hydrogen) atoms. The fraction of sp³-hybridized carbons (Fsp3) is 0.833. The van der Waals surface area contributed by atoms with Crippen LogP contribution in [0, 0.1) is 0 Å². The van der Waals surface area contributed by atoms with Crippen molar-refractivity contribution in [3.8, 4) is 0 Å². The van der Waals surface area contributed by atoms with Crippen LogP contribution in [0.4, 0.5) is 0 Å². The molecule has 4 heteroatoms. The van der Waals surface area contributed by atoms with Crippen LogP contribution in [0.15, 0.2) is 0 Å². The van der Waals surface area contributed by atoms with E-state index in [9.17, 15) is 9.90 Å². The minimum absolute atomic E-state index is 0. The Morgan fingerprint density at radius 1 is 1.50 bits per heavy atom. The van der Waals surface area contributed by atoms with Crippen LogP contribution in [-0.2, 0) is 4.79 Å². The Balaban J connectivity index is 0. The molecule has 1 N–H and O–H groups in total. The molecule has 0 aliphatic heterocycles. The lowest BCUT2D eigenvalue weighted by Crippen LogP contribution is -2.43. The van der Waals surface area contributed by atoms with Crippen LogP contribution in [0.2, 0.25) is 0 Å². The minimum atomic E-state index is -1.06. The highest BCUT2D eigenvalue weighted by atomic mass is 35.5. The number of carboxylic acid groups (broad SMARTS) is 1. The summed E-state index contributed by atoms with van der Waals surface area (Å²) in [6.45, 7) is 5.62. The summed E-state index contributed by atoms with van der Waals surface area (Å²) in [6, 6.07) is 0. The van der Waals surface area contributed by atoms with Crippen LogP contribution in [0.5, 0.6) is 0 Å². The van der Waals surface area contributed by atoms with Gasteiger partial charge >= 0.3 is 0 Å². The number of rotatable bonds is 2. The van der Waals surface area contributed by atoms with Crippen molar-refractivity contribution in [2.75, 3.05) is 6.54 Å². The van der Waals surface area contributed by atoms with Crippen LogP contribution in [0.3, 0.4) is 0 Å². The van der Waals surface area contributed by atoms with Crippen molar-refractivity contribution in [2.45, 2.75) is 26.3 Å². The van der Waals surface area contributed by atoms with Gasteiger partial charge in [0.25, 0.3) is 0 Å². The molecule has 0 spiro atoms. The second kappa shape index (κ2) is 4.52. The molecule has 0 aliphatic rings. The Labute approximate surface area is 67.2 Å². The highest BCUT2D eigenvalue weighted by molar-refractivity contribution is 5.85. The summed E-state index contributed by atoms with van der Waals surface area (Å²) >= 11 is 0. The van der Waals surface area contributed by atoms with Gasteiger partial charge in [-0.05, 0) is 20.8 Å². The molecule has 0 aromatic carbocycles. The molecule has 0 radical (unpaired) electrons. The first-order valence-electron chi connectivity index (χ1n) is 2.87. The molecule has 0 saturated heterocycles. The Morgan fingerprint density at radius 2 is 1.90 bits per heavy atom. The fourth-order valence-corrected chi connectivity index (χ4v) is 0.337. The van der Waals surface area contributed by atoms with Crippen molar-refractivity contribution in [3.63, 3.8) is 0 Å². The topological polar surface area (TPSA) is 52.2 Å². The van der Waals surface area contributed by atoms with E-state index in [2.05, 4.69) is 5.32 Å². The summed E-state index contributed by atoms with van der Waals surface area (Å²) in [5.74, 6) is -1.06.